The molecule has 1 saturated heterocycles. The molecule has 2 aliphatic carbocycles. The van der Waals surface area contributed by atoms with Gasteiger partial charge in [-0.15, -0.1) is 0 Å². The van der Waals surface area contributed by atoms with Crippen molar-refractivity contribution >= 4 is 5.91 Å². The average molecular weight is 293 g/mol. The molecule has 0 aromatic heterocycles. The molecule has 0 spiro atoms. The topological polar surface area (TPSA) is 29.5 Å². The van der Waals surface area contributed by atoms with Crippen LogP contribution in [0, 0.1) is 11.8 Å². The monoisotopic (exact) mass is 293 g/mol. The Morgan fingerprint density at radius 3 is 2.57 bits per heavy atom. The predicted octanol–water partition coefficient (Wildman–Crippen LogP) is 3.76. The highest BCUT2D eigenvalue weighted by Gasteiger charge is 2.42. The fourth-order valence-corrected chi connectivity index (χ4v) is 4.92. The minimum atomic E-state index is 0.245. The Kier molecular flexibility index (Phi) is 4.88. The third-order valence-corrected chi connectivity index (χ3v) is 6.09. The standard InChI is InChI=1S/C18H31NO2/c1-13-7-3-6-10-17(13)21-12-18(20)19-14(2)11-15-8-4-5-9-16(15)19/h13-17H,3-12H2,1-2H3/t13-,14-,15+,16+,17+/m1/s1. The van der Waals surface area contributed by atoms with E-state index in [1.807, 2.05) is 0 Å². The molecule has 3 fully saturated rings. The third-order valence-electron chi connectivity index (χ3n) is 6.09. The summed E-state index contributed by atoms with van der Waals surface area (Å²) < 4.78 is 6.01. The molecule has 0 bridgehead atoms. The Labute approximate surface area is 129 Å². The zero-order valence-corrected chi connectivity index (χ0v) is 13.7. The van der Waals surface area contributed by atoms with Crippen molar-refractivity contribution in [2.75, 3.05) is 6.61 Å². The van der Waals surface area contributed by atoms with Crippen LogP contribution >= 0.6 is 0 Å². The van der Waals surface area contributed by atoms with Gasteiger partial charge in [-0.2, -0.15) is 0 Å². The molecule has 1 heterocycles. The largest absolute Gasteiger partial charge is 0.368 e. The lowest BCUT2D eigenvalue weighted by atomic mass is 9.85. The highest BCUT2D eigenvalue weighted by atomic mass is 16.5. The summed E-state index contributed by atoms with van der Waals surface area (Å²) in [5, 5.41) is 0. The molecule has 1 amide bonds. The van der Waals surface area contributed by atoms with Crippen molar-refractivity contribution in [1.82, 2.24) is 4.90 Å². The van der Waals surface area contributed by atoms with Crippen molar-refractivity contribution in [2.24, 2.45) is 11.8 Å². The number of hydrogen-bond donors (Lipinski definition) is 0. The maximum Gasteiger partial charge on any atom is 0.249 e. The van der Waals surface area contributed by atoms with Crippen molar-refractivity contribution < 1.29 is 9.53 Å². The van der Waals surface area contributed by atoms with Gasteiger partial charge in [0.2, 0.25) is 5.91 Å². The first-order valence-corrected chi connectivity index (χ1v) is 9.09. The van der Waals surface area contributed by atoms with Gasteiger partial charge in [-0.3, -0.25) is 4.79 Å². The van der Waals surface area contributed by atoms with E-state index in [4.69, 9.17) is 4.74 Å². The molecule has 0 N–H and O–H groups in total. The Morgan fingerprint density at radius 2 is 1.76 bits per heavy atom. The molecular weight excluding hydrogens is 262 g/mol. The molecule has 3 nitrogen and oxygen atoms in total. The summed E-state index contributed by atoms with van der Waals surface area (Å²) in [7, 11) is 0. The van der Waals surface area contributed by atoms with Crippen LogP contribution in [-0.2, 0) is 9.53 Å². The number of amides is 1. The second-order valence-corrected chi connectivity index (χ2v) is 7.61. The van der Waals surface area contributed by atoms with Crippen LogP contribution in [0.15, 0.2) is 0 Å². The first-order chi connectivity index (χ1) is 10.2. The molecule has 3 aliphatic rings. The van der Waals surface area contributed by atoms with E-state index in [9.17, 15) is 4.79 Å². The molecule has 0 unspecified atom stereocenters. The minimum Gasteiger partial charge on any atom is -0.368 e. The maximum absolute atomic E-state index is 12.7. The van der Waals surface area contributed by atoms with E-state index >= 15 is 0 Å². The molecule has 0 radical (unpaired) electrons. The second-order valence-electron chi connectivity index (χ2n) is 7.61. The number of carbonyl (C=O) groups is 1. The van der Waals surface area contributed by atoms with Gasteiger partial charge in [-0.1, -0.05) is 32.6 Å². The van der Waals surface area contributed by atoms with Gasteiger partial charge in [0.05, 0.1) is 6.10 Å². The molecule has 0 aromatic carbocycles. The number of likely N-dealkylation sites (tertiary alicyclic amines) is 1. The summed E-state index contributed by atoms with van der Waals surface area (Å²) in [4.78, 5) is 14.8. The van der Waals surface area contributed by atoms with Crippen LogP contribution in [-0.4, -0.2) is 35.6 Å². The number of ether oxygens (including phenoxy) is 1. The van der Waals surface area contributed by atoms with Crippen LogP contribution in [0.4, 0.5) is 0 Å². The van der Waals surface area contributed by atoms with Crippen LogP contribution in [0.25, 0.3) is 0 Å². The van der Waals surface area contributed by atoms with Crippen molar-refractivity contribution in [3.8, 4) is 0 Å². The summed E-state index contributed by atoms with van der Waals surface area (Å²) in [6.45, 7) is 4.80. The van der Waals surface area contributed by atoms with Gasteiger partial charge in [-0.25, -0.2) is 0 Å². The summed E-state index contributed by atoms with van der Waals surface area (Å²) >= 11 is 0. The van der Waals surface area contributed by atoms with Crippen LogP contribution < -0.4 is 0 Å². The molecular formula is C18H31NO2. The predicted molar refractivity (Wildman–Crippen MR) is 84.0 cm³/mol. The fraction of sp³-hybridized carbons (Fsp3) is 0.944. The van der Waals surface area contributed by atoms with Crippen LogP contribution in [0.1, 0.15) is 71.6 Å². The summed E-state index contributed by atoms with van der Waals surface area (Å²) in [5.41, 5.74) is 0. The fourth-order valence-electron chi connectivity index (χ4n) is 4.92. The SMILES string of the molecule is C[C@@H]1CCCC[C@@H]1OCC(=O)N1[C@H](C)C[C@@H]2CCCC[C@@H]21. The third kappa shape index (κ3) is 3.28. The van der Waals surface area contributed by atoms with E-state index in [1.165, 1.54) is 51.4 Å². The number of rotatable bonds is 3. The smallest absolute Gasteiger partial charge is 0.249 e. The van der Waals surface area contributed by atoms with Gasteiger partial charge in [0, 0.05) is 12.1 Å². The lowest BCUT2D eigenvalue weighted by Crippen LogP contribution is -2.45. The van der Waals surface area contributed by atoms with Crippen molar-refractivity contribution in [1.29, 1.82) is 0 Å². The molecule has 21 heavy (non-hydrogen) atoms. The number of hydrogen-bond acceptors (Lipinski definition) is 2. The van der Waals surface area contributed by atoms with Gasteiger partial charge >= 0.3 is 0 Å². The van der Waals surface area contributed by atoms with Crippen LogP contribution in [0.3, 0.4) is 0 Å². The van der Waals surface area contributed by atoms with Crippen molar-refractivity contribution in [2.45, 2.75) is 89.8 Å². The summed E-state index contributed by atoms with van der Waals surface area (Å²) in [6.07, 6.45) is 11.7. The highest BCUT2D eigenvalue weighted by molar-refractivity contribution is 5.78. The van der Waals surface area contributed by atoms with Gasteiger partial charge in [0.15, 0.2) is 0 Å². The first-order valence-electron chi connectivity index (χ1n) is 9.09. The first kappa shape index (κ1) is 15.3. The average Bonchev–Trinajstić information content (AvgIpc) is 2.82. The molecule has 3 rings (SSSR count). The number of nitrogens with zero attached hydrogens (tertiary/aromatic N) is 1. The Balaban J connectivity index is 1.54. The Morgan fingerprint density at radius 1 is 1.05 bits per heavy atom. The number of fused-ring (bicyclic) bond motifs is 1. The van der Waals surface area contributed by atoms with Crippen molar-refractivity contribution in [3.63, 3.8) is 0 Å². The van der Waals surface area contributed by atoms with E-state index < -0.39 is 0 Å². The second kappa shape index (κ2) is 6.68. The van der Waals surface area contributed by atoms with E-state index in [0.717, 1.165) is 12.3 Å². The highest BCUT2D eigenvalue weighted by Crippen LogP contribution is 2.39. The van der Waals surface area contributed by atoms with Crippen LogP contribution in [0.2, 0.25) is 0 Å². The molecule has 3 heteroatoms. The zero-order valence-electron chi connectivity index (χ0n) is 13.7. The molecule has 1 aliphatic heterocycles. The van der Waals surface area contributed by atoms with Crippen LogP contribution in [0.5, 0.6) is 0 Å². The zero-order chi connectivity index (χ0) is 14.8. The molecule has 0 aromatic rings. The van der Waals surface area contributed by atoms with E-state index in [1.54, 1.807) is 0 Å². The lowest BCUT2D eigenvalue weighted by molar-refractivity contribution is -0.143. The molecule has 2 saturated carbocycles. The summed E-state index contributed by atoms with van der Waals surface area (Å²) in [5.74, 6) is 1.62. The molecule has 5 atom stereocenters. The van der Waals surface area contributed by atoms with E-state index in [2.05, 4.69) is 18.7 Å². The van der Waals surface area contributed by atoms with E-state index in [0.29, 0.717) is 30.7 Å². The minimum absolute atomic E-state index is 0.245. The Hall–Kier alpha value is -0.570. The number of carbonyl (C=O) groups excluding carboxylic acids is 1. The normalized spacial score (nSPS) is 40.1. The summed E-state index contributed by atoms with van der Waals surface area (Å²) in [6, 6.07) is 0.923. The maximum atomic E-state index is 12.7. The van der Waals surface area contributed by atoms with Gasteiger partial charge in [0.1, 0.15) is 6.61 Å². The van der Waals surface area contributed by atoms with Gasteiger partial charge in [0.25, 0.3) is 0 Å². The Bertz CT molecular complexity index is 370. The lowest BCUT2D eigenvalue weighted by Gasteiger charge is -2.34. The van der Waals surface area contributed by atoms with Gasteiger partial charge in [-0.05, 0) is 50.9 Å². The van der Waals surface area contributed by atoms with E-state index in [-0.39, 0.29) is 5.91 Å². The quantitative estimate of drug-likeness (QED) is 0.793. The van der Waals surface area contributed by atoms with Gasteiger partial charge < -0.3 is 9.64 Å². The molecule has 120 valence electrons. The van der Waals surface area contributed by atoms with Crippen molar-refractivity contribution in [3.05, 3.63) is 0 Å².